The highest BCUT2D eigenvalue weighted by Crippen LogP contribution is 2.19. The number of hydrogen-bond acceptors (Lipinski definition) is 3. The summed E-state index contributed by atoms with van der Waals surface area (Å²) in [4.78, 5) is 11.0. The van der Waals surface area contributed by atoms with Crippen molar-refractivity contribution in [3.8, 4) is 0 Å². The Balaban J connectivity index is 2.82. The fraction of sp³-hybridized carbons (Fsp3) is 0.800. The summed E-state index contributed by atoms with van der Waals surface area (Å²) >= 11 is 5.37. The van der Waals surface area contributed by atoms with Gasteiger partial charge in [0.05, 0.1) is 5.54 Å². The van der Waals surface area contributed by atoms with Crippen LogP contribution in [-0.2, 0) is 4.79 Å². The lowest BCUT2D eigenvalue weighted by molar-refractivity contribution is -0.129. The predicted octanol–water partition coefficient (Wildman–Crippen LogP) is -0.374. The van der Waals surface area contributed by atoms with E-state index in [1.807, 2.05) is 0 Å². The first kappa shape index (κ1) is 7.78. The molecule has 0 radical (unpaired) electrons. The van der Waals surface area contributed by atoms with E-state index in [4.69, 9.17) is 16.9 Å². The summed E-state index contributed by atoms with van der Waals surface area (Å²) in [7, 11) is 0. The van der Waals surface area contributed by atoms with Crippen LogP contribution < -0.4 is 5.32 Å². The summed E-state index contributed by atoms with van der Waals surface area (Å²) in [6.07, 6.45) is -1.07. The number of aliphatic hydroxyl groups excluding tert-OH is 1. The molecule has 1 fully saturated rings. The molecule has 0 spiro atoms. The first-order chi connectivity index (χ1) is 4.45. The largest absolute Gasteiger partial charge is 0.360 e. The Bertz CT molecular complexity index is 171. The minimum absolute atomic E-state index is 0.318. The molecule has 0 aliphatic carbocycles. The molecule has 1 saturated heterocycles. The van der Waals surface area contributed by atoms with Crippen LogP contribution in [0.5, 0.6) is 0 Å². The number of carbonyl (C=O) groups excluding carboxylic acids is 1. The Morgan fingerprint density at radius 2 is 2.30 bits per heavy atom. The van der Waals surface area contributed by atoms with Gasteiger partial charge >= 0.3 is 0 Å². The lowest BCUT2D eigenvalue weighted by Gasteiger charge is -2.12. The fourth-order valence-corrected chi connectivity index (χ4v) is 1.08. The lowest BCUT2D eigenvalue weighted by Crippen LogP contribution is -2.41. The second kappa shape index (κ2) is 2.08. The van der Waals surface area contributed by atoms with E-state index in [0.29, 0.717) is 0 Å². The summed E-state index contributed by atoms with van der Waals surface area (Å²) in [5, 5.41) is 11.6. The smallest absolute Gasteiger partial charge is 0.260 e. The average molecular weight is 165 g/mol. The van der Waals surface area contributed by atoms with Crippen LogP contribution in [0, 0.1) is 0 Å². The Morgan fingerprint density at radius 3 is 2.40 bits per heavy atom. The van der Waals surface area contributed by atoms with E-state index in [2.05, 4.69) is 5.32 Å². The summed E-state index contributed by atoms with van der Waals surface area (Å²) in [6, 6.07) is 0. The molecule has 58 valence electrons. The van der Waals surface area contributed by atoms with E-state index in [1.165, 1.54) is 0 Å². The minimum Gasteiger partial charge on any atom is -0.360 e. The van der Waals surface area contributed by atoms with Crippen molar-refractivity contribution in [2.75, 3.05) is 0 Å². The Labute approximate surface area is 63.9 Å². The van der Waals surface area contributed by atoms with Crippen molar-refractivity contribution in [3.05, 3.63) is 0 Å². The quantitative estimate of drug-likeness (QED) is 0.481. The molecular formula is C5H9ClN2O2. The number of nitrogens with zero attached hydrogens (tertiary/aromatic N) is 1. The van der Waals surface area contributed by atoms with Crippen LogP contribution in [0.25, 0.3) is 0 Å². The third-order valence-corrected chi connectivity index (χ3v) is 1.77. The maximum atomic E-state index is 11.0. The van der Waals surface area contributed by atoms with Gasteiger partial charge in [0.15, 0.2) is 0 Å². The number of halogens is 1. The van der Waals surface area contributed by atoms with Crippen molar-refractivity contribution < 1.29 is 9.90 Å². The van der Waals surface area contributed by atoms with Gasteiger partial charge in [-0.25, -0.2) is 4.42 Å². The normalized spacial score (nSPS) is 31.4. The van der Waals surface area contributed by atoms with Crippen LogP contribution in [0.2, 0.25) is 0 Å². The van der Waals surface area contributed by atoms with E-state index < -0.39 is 11.9 Å². The number of hydrogen-bond donors (Lipinski definition) is 2. The second-order valence-corrected chi connectivity index (χ2v) is 3.12. The van der Waals surface area contributed by atoms with E-state index in [1.54, 1.807) is 13.8 Å². The van der Waals surface area contributed by atoms with Crippen LogP contribution in [-0.4, -0.2) is 27.3 Å². The van der Waals surface area contributed by atoms with Gasteiger partial charge in [-0.3, -0.25) is 10.1 Å². The molecule has 1 rings (SSSR count). The molecule has 1 aliphatic heterocycles. The van der Waals surface area contributed by atoms with Crippen LogP contribution in [0.3, 0.4) is 0 Å². The van der Waals surface area contributed by atoms with Gasteiger partial charge in [-0.2, -0.15) is 0 Å². The molecule has 5 heteroatoms. The third-order valence-electron chi connectivity index (χ3n) is 1.43. The number of aliphatic hydroxyl groups is 1. The average Bonchev–Trinajstić information content (AvgIpc) is 1.95. The molecule has 1 heterocycles. The highest BCUT2D eigenvalue weighted by atomic mass is 35.5. The van der Waals surface area contributed by atoms with Gasteiger partial charge in [0.25, 0.3) is 5.91 Å². The van der Waals surface area contributed by atoms with E-state index >= 15 is 0 Å². The number of amides is 1. The first-order valence-electron chi connectivity index (χ1n) is 2.90. The molecule has 0 aromatic rings. The van der Waals surface area contributed by atoms with Crippen molar-refractivity contribution >= 4 is 17.7 Å². The second-order valence-electron chi connectivity index (χ2n) is 2.76. The monoisotopic (exact) mass is 164 g/mol. The van der Waals surface area contributed by atoms with Crippen molar-refractivity contribution in [2.45, 2.75) is 25.7 Å². The van der Waals surface area contributed by atoms with Crippen molar-refractivity contribution in [1.29, 1.82) is 0 Å². The number of carbonyl (C=O) groups is 1. The molecule has 1 unspecified atom stereocenters. The van der Waals surface area contributed by atoms with Crippen molar-refractivity contribution in [3.63, 3.8) is 0 Å². The topological polar surface area (TPSA) is 52.6 Å². The summed E-state index contributed by atoms with van der Waals surface area (Å²) < 4.78 is 0.750. The molecule has 1 aliphatic rings. The standard InChI is InChI=1S/C5H9ClN2O2/c1-5(2)3(9)8(6)4(10)7-5/h4,7,10H,1-2H3. The van der Waals surface area contributed by atoms with E-state index in [9.17, 15) is 4.79 Å². The van der Waals surface area contributed by atoms with Gasteiger partial charge in [0.2, 0.25) is 6.35 Å². The molecule has 4 nitrogen and oxygen atoms in total. The Hall–Kier alpha value is -0.320. The number of rotatable bonds is 0. The zero-order valence-corrected chi connectivity index (χ0v) is 6.51. The minimum atomic E-state index is -1.07. The fourth-order valence-electron chi connectivity index (χ4n) is 0.819. The van der Waals surface area contributed by atoms with Crippen molar-refractivity contribution in [2.24, 2.45) is 0 Å². The van der Waals surface area contributed by atoms with Gasteiger partial charge in [0.1, 0.15) is 0 Å². The Morgan fingerprint density at radius 1 is 1.80 bits per heavy atom. The molecule has 0 saturated carbocycles. The van der Waals surface area contributed by atoms with Gasteiger partial charge in [-0.15, -0.1) is 0 Å². The molecule has 10 heavy (non-hydrogen) atoms. The van der Waals surface area contributed by atoms with Gasteiger partial charge in [-0.1, -0.05) is 0 Å². The van der Waals surface area contributed by atoms with E-state index in [0.717, 1.165) is 4.42 Å². The van der Waals surface area contributed by atoms with E-state index in [-0.39, 0.29) is 5.91 Å². The summed E-state index contributed by atoms with van der Waals surface area (Å²) in [6.45, 7) is 3.31. The van der Waals surface area contributed by atoms with Crippen LogP contribution >= 0.6 is 11.8 Å². The van der Waals surface area contributed by atoms with Gasteiger partial charge < -0.3 is 5.11 Å². The van der Waals surface area contributed by atoms with Gasteiger partial charge in [-0.05, 0) is 13.8 Å². The number of nitrogens with one attached hydrogen (secondary N) is 1. The highest BCUT2D eigenvalue weighted by Gasteiger charge is 2.43. The molecule has 0 aromatic heterocycles. The maximum absolute atomic E-state index is 11.0. The van der Waals surface area contributed by atoms with Crippen LogP contribution in [0.1, 0.15) is 13.8 Å². The summed E-state index contributed by atoms with van der Waals surface area (Å²) in [5.41, 5.74) is -0.749. The lowest BCUT2D eigenvalue weighted by atomic mass is 10.1. The van der Waals surface area contributed by atoms with Crippen LogP contribution in [0.15, 0.2) is 0 Å². The van der Waals surface area contributed by atoms with Crippen molar-refractivity contribution in [1.82, 2.24) is 9.74 Å². The van der Waals surface area contributed by atoms with Crippen LogP contribution in [0.4, 0.5) is 0 Å². The molecule has 1 atom stereocenters. The third kappa shape index (κ3) is 0.982. The first-order valence-corrected chi connectivity index (χ1v) is 3.24. The zero-order chi connectivity index (χ0) is 7.94. The molecular weight excluding hydrogens is 156 g/mol. The zero-order valence-electron chi connectivity index (χ0n) is 5.76. The SMILES string of the molecule is CC1(C)NC(O)N(Cl)C1=O. The summed E-state index contributed by atoms with van der Waals surface area (Å²) in [5.74, 6) is -0.318. The maximum Gasteiger partial charge on any atom is 0.260 e. The molecule has 0 bridgehead atoms. The molecule has 0 aromatic carbocycles. The highest BCUT2D eigenvalue weighted by molar-refractivity contribution is 6.23. The van der Waals surface area contributed by atoms with Gasteiger partial charge in [0, 0.05) is 11.8 Å². The predicted molar refractivity (Wildman–Crippen MR) is 35.9 cm³/mol. The molecule has 2 N–H and O–H groups in total. The Kier molecular flexibility index (Phi) is 1.62. The molecule has 1 amide bonds.